The molecule has 0 amide bonds. The average Bonchev–Trinajstić information content (AvgIpc) is 3.25. The van der Waals surface area contributed by atoms with Gasteiger partial charge >= 0.3 is 0 Å². The Hall–Kier alpha value is -1.02. The Morgan fingerprint density at radius 3 is 1.82 bits per heavy atom. The van der Waals surface area contributed by atoms with Crippen molar-refractivity contribution in [2.45, 2.75) is 204 Å². The molecule has 66 heavy (non-hydrogen) atoms. The Bertz CT molecular complexity index is 1770. The van der Waals surface area contributed by atoms with E-state index in [1.165, 1.54) is 5.57 Å². The number of rotatable bonds is 9. The first-order chi connectivity index (χ1) is 30.7. The van der Waals surface area contributed by atoms with Crippen molar-refractivity contribution in [3.63, 3.8) is 0 Å². The van der Waals surface area contributed by atoms with Crippen molar-refractivity contribution >= 4 is 0 Å². The minimum atomic E-state index is -1.79. The van der Waals surface area contributed by atoms with Crippen LogP contribution in [0.4, 0.5) is 0 Å². The van der Waals surface area contributed by atoms with E-state index in [1.807, 2.05) is 13.8 Å². The molecule has 25 atom stereocenters. The van der Waals surface area contributed by atoms with E-state index in [0.717, 1.165) is 25.7 Å². The smallest absolute Gasteiger partial charge is 0.186 e. The van der Waals surface area contributed by atoms with Gasteiger partial charge in [-0.1, -0.05) is 60.1 Å². The third-order valence-corrected chi connectivity index (χ3v) is 19.3. The number of aliphatic hydroxyl groups is 13. The highest BCUT2D eigenvalue weighted by molar-refractivity contribution is 5.36. The quantitative estimate of drug-likeness (QED) is 0.0893. The fraction of sp³-hybridized carbons (Fsp3) is 0.957. The van der Waals surface area contributed by atoms with Crippen LogP contribution in [0.1, 0.15) is 93.4 Å². The molecule has 0 radical (unpaired) electrons. The van der Waals surface area contributed by atoms with Crippen LogP contribution in [-0.4, -0.2) is 203 Å². The van der Waals surface area contributed by atoms with Crippen LogP contribution in [0.2, 0.25) is 0 Å². The predicted molar refractivity (Wildman–Crippen MR) is 228 cm³/mol. The molecule has 4 saturated carbocycles. The van der Waals surface area contributed by atoms with Crippen molar-refractivity contribution in [3.8, 4) is 0 Å². The highest BCUT2D eigenvalue weighted by Gasteiger charge is 2.72. The summed E-state index contributed by atoms with van der Waals surface area (Å²) in [4.78, 5) is 0. The molecule has 0 aromatic heterocycles. The van der Waals surface area contributed by atoms with Gasteiger partial charge in [-0.05, 0) is 89.8 Å². The number of hydrogen-bond acceptors (Lipinski definition) is 19. The number of ether oxygens (including phenoxy) is 6. The fourth-order valence-corrected chi connectivity index (χ4v) is 14.9. The molecule has 380 valence electrons. The van der Waals surface area contributed by atoms with Gasteiger partial charge in [0.25, 0.3) is 0 Å². The molecule has 3 saturated heterocycles. The molecular formula is C47H78O19. The van der Waals surface area contributed by atoms with Crippen LogP contribution in [0.25, 0.3) is 0 Å². The summed E-state index contributed by atoms with van der Waals surface area (Å²) in [5.41, 5.74) is -2.12. The zero-order valence-corrected chi connectivity index (χ0v) is 39.2. The van der Waals surface area contributed by atoms with Gasteiger partial charge in [-0.25, -0.2) is 0 Å². The lowest BCUT2D eigenvalue weighted by Gasteiger charge is -2.72. The van der Waals surface area contributed by atoms with Gasteiger partial charge in [-0.2, -0.15) is 0 Å². The summed E-state index contributed by atoms with van der Waals surface area (Å²) >= 11 is 0. The lowest BCUT2D eigenvalue weighted by Crippen LogP contribution is -2.71. The second-order valence-electron chi connectivity index (χ2n) is 23.4. The summed E-state index contributed by atoms with van der Waals surface area (Å²) in [5.74, 6) is 0.0200. The zero-order valence-electron chi connectivity index (χ0n) is 39.2. The average molecular weight is 947 g/mol. The number of hydrogen-bond donors (Lipinski definition) is 13. The summed E-state index contributed by atoms with van der Waals surface area (Å²) in [6, 6.07) is 0. The van der Waals surface area contributed by atoms with Crippen LogP contribution < -0.4 is 0 Å². The van der Waals surface area contributed by atoms with Gasteiger partial charge in [-0.3, -0.25) is 0 Å². The first kappa shape index (κ1) is 51.3. The summed E-state index contributed by atoms with van der Waals surface area (Å²) in [6.07, 6.45) is -18.8. The zero-order chi connectivity index (χ0) is 48.4. The van der Waals surface area contributed by atoms with E-state index in [-0.39, 0.29) is 35.2 Å². The Morgan fingerprint density at radius 1 is 0.621 bits per heavy atom. The van der Waals surface area contributed by atoms with Crippen LogP contribution in [0.15, 0.2) is 11.6 Å². The van der Waals surface area contributed by atoms with Gasteiger partial charge < -0.3 is 94.8 Å². The van der Waals surface area contributed by atoms with Gasteiger partial charge in [0, 0.05) is 0 Å². The lowest BCUT2D eigenvalue weighted by atomic mass is 9.33. The van der Waals surface area contributed by atoms with Crippen molar-refractivity contribution in [1.82, 2.24) is 0 Å². The van der Waals surface area contributed by atoms with Crippen LogP contribution >= 0.6 is 0 Å². The monoisotopic (exact) mass is 947 g/mol. The van der Waals surface area contributed by atoms with Gasteiger partial charge in [0.15, 0.2) is 18.9 Å². The highest BCUT2D eigenvalue weighted by atomic mass is 16.7. The molecule has 1 unspecified atom stereocenters. The third kappa shape index (κ3) is 7.72. The maximum atomic E-state index is 12.1. The number of aliphatic hydroxyl groups excluding tert-OH is 13. The topological polar surface area (TPSA) is 318 Å². The maximum absolute atomic E-state index is 12.1. The molecule has 0 aromatic carbocycles. The summed E-state index contributed by atoms with van der Waals surface area (Å²) in [7, 11) is 0. The van der Waals surface area contributed by atoms with Crippen molar-refractivity contribution in [3.05, 3.63) is 11.6 Å². The highest BCUT2D eigenvalue weighted by Crippen LogP contribution is 2.76. The standard InChI is InChI=1S/C47H78O19/c1-42(2)14-21-20-8-9-26-44(5)12-11-28(43(3,4)25(44)10-13-45(26,6)46(20,7)15-27(50)47(21,19-48)38(60)37(42)59)66-41-36(58)33(55)31(53)24(65-41)18-63-40-35(57)32(54)30(52)23(64-40)17-62-39-34(56)29(51)22(49)16-61-39/h8,21-41,48-60H,9-19H2,1-7H3/t21-,22+,23+,24+,25?,26+,27-,28-,29-,30+,31+,32-,33-,34+,35+,36+,37-,38-,39-,40+,41-,44-,45+,46+,47-/m0/s1. The van der Waals surface area contributed by atoms with E-state index >= 15 is 0 Å². The molecular weight excluding hydrogens is 868 g/mol. The predicted octanol–water partition coefficient (Wildman–Crippen LogP) is -1.83. The van der Waals surface area contributed by atoms with Crippen LogP contribution in [0, 0.1) is 50.2 Å². The first-order valence-electron chi connectivity index (χ1n) is 24.0. The summed E-state index contributed by atoms with van der Waals surface area (Å²) in [5, 5.41) is 141. The normalized spacial score (nSPS) is 55.7. The van der Waals surface area contributed by atoms with E-state index in [0.29, 0.717) is 19.3 Å². The van der Waals surface area contributed by atoms with E-state index in [2.05, 4.69) is 40.7 Å². The molecule has 0 spiro atoms. The molecule has 3 aliphatic heterocycles. The minimum absolute atomic E-state index is 0.139. The molecule has 0 aromatic rings. The van der Waals surface area contributed by atoms with Crippen molar-refractivity contribution < 1.29 is 94.8 Å². The molecule has 3 heterocycles. The lowest BCUT2D eigenvalue weighted by molar-refractivity contribution is -0.348. The van der Waals surface area contributed by atoms with Crippen molar-refractivity contribution in [2.75, 3.05) is 26.4 Å². The molecule has 0 bridgehead atoms. The van der Waals surface area contributed by atoms with E-state index < -0.39 is 152 Å². The fourth-order valence-electron chi connectivity index (χ4n) is 14.9. The van der Waals surface area contributed by atoms with Crippen LogP contribution in [0.5, 0.6) is 0 Å². The second kappa shape index (κ2) is 17.9. The minimum Gasteiger partial charge on any atom is -0.396 e. The van der Waals surface area contributed by atoms with E-state index in [9.17, 15) is 66.4 Å². The Balaban J connectivity index is 0.946. The SMILES string of the molecule is CC1(C)C[C@H]2C3=CC[C@@H]4[C@@]5(C)CC[C@H](O[C@@H]6O[C@H](CO[C@@H]7O[C@H](CO[C@@H]8OC[C@@H](O)[C@H](O)[C@H]8O)[C@@H](O)[C@H](O)[C@H]7O)[C@@H](O)[C@H](O)[C@H]6O)C(C)(C)C5CC[C@@]4(C)[C@]3(C)C[C@H](O)[C@@]2(CO)[C@@H](O)[C@@H]1O. The first-order valence-corrected chi connectivity index (χ1v) is 24.0. The van der Waals surface area contributed by atoms with Crippen molar-refractivity contribution in [2.24, 2.45) is 50.2 Å². The van der Waals surface area contributed by atoms with Crippen LogP contribution in [0.3, 0.4) is 0 Å². The largest absolute Gasteiger partial charge is 0.396 e. The molecule has 13 N–H and O–H groups in total. The summed E-state index contributed by atoms with van der Waals surface area (Å²) in [6.45, 7) is 13.3. The van der Waals surface area contributed by atoms with Gasteiger partial charge in [0.2, 0.25) is 0 Å². The number of fused-ring (bicyclic) bond motifs is 7. The summed E-state index contributed by atoms with van der Waals surface area (Å²) < 4.78 is 35.0. The molecule has 8 aliphatic rings. The maximum Gasteiger partial charge on any atom is 0.186 e. The van der Waals surface area contributed by atoms with Crippen LogP contribution in [-0.2, 0) is 28.4 Å². The second-order valence-corrected chi connectivity index (χ2v) is 23.4. The molecule has 5 aliphatic carbocycles. The van der Waals surface area contributed by atoms with Gasteiger partial charge in [0.05, 0.1) is 56.3 Å². The molecule has 7 fully saturated rings. The molecule has 8 rings (SSSR count). The van der Waals surface area contributed by atoms with E-state index in [4.69, 9.17) is 28.4 Å². The van der Waals surface area contributed by atoms with Crippen molar-refractivity contribution in [1.29, 1.82) is 0 Å². The number of allylic oxidation sites excluding steroid dienone is 2. The Labute approximate surface area is 386 Å². The Morgan fingerprint density at radius 2 is 1.20 bits per heavy atom. The molecule has 19 heteroatoms. The van der Waals surface area contributed by atoms with E-state index in [1.54, 1.807) is 0 Å². The van der Waals surface area contributed by atoms with Gasteiger partial charge in [-0.15, -0.1) is 0 Å². The third-order valence-electron chi connectivity index (χ3n) is 19.3. The molecule has 19 nitrogen and oxygen atoms in total. The Kier molecular flexibility index (Phi) is 13.9. The van der Waals surface area contributed by atoms with Gasteiger partial charge in [0.1, 0.15) is 67.1 Å².